The van der Waals surface area contributed by atoms with Crippen LogP contribution in [0, 0.1) is 0 Å². The highest BCUT2D eigenvalue weighted by Crippen LogP contribution is 2.40. The van der Waals surface area contributed by atoms with Gasteiger partial charge in [-0.3, -0.25) is 4.99 Å². The Labute approximate surface area is 208 Å². The molecule has 0 amide bonds. The molecule has 2 heterocycles. The van der Waals surface area contributed by atoms with Crippen molar-refractivity contribution in [2.45, 2.75) is 30.8 Å². The molecule has 2 aromatic carbocycles. The van der Waals surface area contributed by atoms with Crippen LogP contribution in [0.5, 0.6) is 5.75 Å². The first-order valence-corrected chi connectivity index (χ1v) is 12.1. The number of halogens is 2. The quantitative estimate of drug-likeness (QED) is 0.189. The van der Waals surface area contributed by atoms with Crippen LogP contribution in [0.3, 0.4) is 0 Å². The number of aliphatic imine (C=N–C) groups is 1. The molecule has 0 spiro atoms. The molecule has 0 bridgehead atoms. The fraction of sp³-hybridized carbons (Fsp3) is 0.280. The summed E-state index contributed by atoms with van der Waals surface area (Å²) in [5.74, 6) is 1.88. The number of nitrogens with two attached hydrogens (primary N) is 1. The number of imidazole rings is 1. The van der Waals surface area contributed by atoms with Crippen LogP contribution in [0.25, 0.3) is 5.69 Å². The van der Waals surface area contributed by atoms with Crippen molar-refractivity contribution in [2.75, 3.05) is 18.9 Å². The maximum absolute atomic E-state index is 6.45. The molecule has 3 aromatic rings. The van der Waals surface area contributed by atoms with E-state index in [2.05, 4.69) is 39.9 Å². The predicted molar refractivity (Wildman–Crippen MR) is 137 cm³/mol. The number of nitrogens with zero attached hydrogens (tertiary/aromatic N) is 3. The zero-order valence-electron chi connectivity index (χ0n) is 18.5. The number of nitrogen functional groups attached to an aromatic ring is 1. The number of aromatic nitrogens is 2. The monoisotopic (exact) mass is 496 g/mol. The second-order valence-electron chi connectivity index (χ2n) is 8.31. The molecule has 0 saturated heterocycles. The zero-order chi connectivity index (χ0) is 23.5. The SMILES string of the molecule is Nc1ccc(-n2cnc(Cl)c2)c(OCCCN=C2NC(Cl)NC3=C2CCC3c2ccccc2)c1. The molecule has 1 aliphatic heterocycles. The van der Waals surface area contributed by atoms with E-state index in [1.165, 1.54) is 16.8 Å². The van der Waals surface area contributed by atoms with Crippen LogP contribution < -0.4 is 21.1 Å². The van der Waals surface area contributed by atoms with Gasteiger partial charge in [0.2, 0.25) is 0 Å². The van der Waals surface area contributed by atoms with Gasteiger partial charge < -0.3 is 25.7 Å². The largest absolute Gasteiger partial charge is 0.491 e. The van der Waals surface area contributed by atoms with Gasteiger partial charge in [-0.1, -0.05) is 53.5 Å². The second kappa shape index (κ2) is 9.99. The number of benzene rings is 2. The van der Waals surface area contributed by atoms with E-state index in [4.69, 9.17) is 38.7 Å². The van der Waals surface area contributed by atoms with Gasteiger partial charge in [0.1, 0.15) is 23.1 Å². The lowest BCUT2D eigenvalue weighted by Gasteiger charge is -2.28. The van der Waals surface area contributed by atoms with Crippen molar-refractivity contribution in [3.63, 3.8) is 0 Å². The number of amidine groups is 1. The molecule has 2 aliphatic rings. The number of nitrogens with one attached hydrogen (secondary N) is 2. The van der Waals surface area contributed by atoms with E-state index in [0.29, 0.717) is 35.7 Å². The van der Waals surface area contributed by atoms with Crippen molar-refractivity contribution < 1.29 is 4.74 Å². The third-order valence-electron chi connectivity index (χ3n) is 6.03. The lowest BCUT2D eigenvalue weighted by Crippen LogP contribution is -2.47. The lowest BCUT2D eigenvalue weighted by atomic mass is 9.96. The van der Waals surface area contributed by atoms with Crippen molar-refractivity contribution in [1.29, 1.82) is 0 Å². The average molecular weight is 497 g/mol. The molecule has 1 aromatic heterocycles. The molecular formula is C25H26Cl2N6O. The average Bonchev–Trinajstić information content (AvgIpc) is 3.46. The summed E-state index contributed by atoms with van der Waals surface area (Å²) < 4.78 is 7.86. The molecule has 1 aliphatic carbocycles. The maximum Gasteiger partial charge on any atom is 0.176 e. The maximum atomic E-state index is 6.45. The number of anilines is 1. The fourth-order valence-corrected chi connectivity index (χ4v) is 4.85. The highest BCUT2D eigenvalue weighted by molar-refractivity contribution is 6.29. The Morgan fingerprint density at radius 1 is 1.18 bits per heavy atom. The zero-order valence-corrected chi connectivity index (χ0v) is 20.1. The van der Waals surface area contributed by atoms with Gasteiger partial charge in [-0.15, -0.1) is 0 Å². The molecule has 0 saturated carbocycles. The third-order valence-corrected chi connectivity index (χ3v) is 6.45. The van der Waals surface area contributed by atoms with Crippen molar-refractivity contribution in [2.24, 2.45) is 4.99 Å². The number of ether oxygens (including phenoxy) is 1. The number of alkyl halides is 1. The summed E-state index contributed by atoms with van der Waals surface area (Å²) in [6.45, 7) is 1.12. The third kappa shape index (κ3) is 4.86. The van der Waals surface area contributed by atoms with E-state index in [1.54, 1.807) is 18.6 Å². The molecule has 0 radical (unpaired) electrons. The Morgan fingerprint density at radius 2 is 2.03 bits per heavy atom. The van der Waals surface area contributed by atoms with Crippen molar-refractivity contribution in [3.05, 3.63) is 83.0 Å². The van der Waals surface area contributed by atoms with Gasteiger partial charge >= 0.3 is 0 Å². The van der Waals surface area contributed by atoms with Gasteiger partial charge in [-0.25, -0.2) is 4.98 Å². The summed E-state index contributed by atoms with van der Waals surface area (Å²) in [5.41, 5.74) is 10.8. The molecule has 2 unspecified atom stereocenters. The van der Waals surface area contributed by atoms with Crippen molar-refractivity contribution in [3.8, 4) is 11.4 Å². The Balaban J connectivity index is 1.24. The van der Waals surface area contributed by atoms with E-state index in [-0.39, 0.29) is 5.62 Å². The van der Waals surface area contributed by atoms with Crippen LogP contribution in [0.4, 0.5) is 5.69 Å². The fourth-order valence-electron chi connectivity index (χ4n) is 4.48. The van der Waals surface area contributed by atoms with Gasteiger partial charge in [-0.05, 0) is 30.5 Å². The molecule has 176 valence electrons. The Hall–Kier alpha value is -3.16. The molecule has 5 rings (SSSR count). The molecule has 7 nitrogen and oxygen atoms in total. The second-order valence-corrected chi connectivity index (χ2v) is 9.13. The van der Waals surface area contributed by atoms with Gasteiger partial charge in [-0.2, -0.15) is 0 Å². The van der Waals surface area contributed by atoms with E-state index in [1.807, 2.05) is 22.8 Å². The Morgan fingerprint density at radius 3 is 2.82 bits per heavy atom. The van der Waals surface area contributed by atoms with Gasteiger partial charge in [0.15, 0.2) is 5.62 Å². The van der Waals surface area contributed by atoms with Crippen LogP contribution in [0.2, 0.25) is 5.15 Å². The summed E-state index contributed by atoms with van der Waals surface area (Å²) in [6, 6.07) is 16.1. The van der Waals surface area contributed by atoms with Crippen molar-refractivity contribution in [1.82, 2.24) is 20.2 Å². The molecule has 0 fully saturated rings. The smallest absolute Gasteiger partial charge is 0.176 e. The standard InChI is InChI=1S/C25H26Cl2N6O/c26-22-14-33(15-30-22)20-10-7-17(28)13-21(20)34-12-4-11-29-24-19-9-8-18(16-5-2-1-3-6-16)23(19)31-25(27)32-24/h1-3,5-7,10,13-15,18,25,31H,4,8-9,11-12,28H2,(H,29,32). The predicted octanol–water partition coefficient (Wildman–Crippen LogP) is 4.82. The summed E-state index contributed by atoms with van der Waals surface area (Å²) >= 11 is 12.4. The van der Waals surface area contributed by atoms with E-state index >= 15 is 0 Å². The Kier molecular flexibility index (Phi) is 6.65. The molecule has 4 N–H and O–H groups in total. The number of allylic oxidation sites excluding steroid dienone is 1. The number of hydrogen-bond acceptors (Lipinski definition) is 5. The van der Waals surface area contributed by atoms with Crippen LogP contribution in [-0.4, -0.2) is 34.2 Å². The topological polar surface area (TPSA) is 89.5 Å². The lowest BCUT2D eigenvalue weighted by molar-refractivity contribution is 0.313. The summed E-state index contributed by atoms with van der Waals surface area (Å²) in [4.78, 5) is 8.89. The minimum absolute atomic E-state index is 0.326. The minimum atomic E-state index is -0.380. The first-order valence-electron chi connectivity index (χ1n) is 11.3. The van der Waals surface area contributed by atoms with Crippen LogP contribution in [0.15, 0.2) is 77.3 Å². The summed E-state index contributed by atoms with van der Waals surface area (Å²) in [5, 5.41) is 7.10. The number of rotatable bonds is 7. The molecule has 9 heteroatoms. The number of hydrogen-bond donors (Lipinski definition) is 3. The van der Waals surface area contributed by atoms with E-state index in [9.17, 15) is 0 Å². The van der Waals surface area contributed by atoms with Crippen molar-refractivity contribution >= 4 is 34.7 Å². The van der Waals surface area contributed by atoms with Crippen LogP contribution in [-0.2, 0) is 0 Å². The van der Waals surface area contributed by atoms with Crippen LogP contribution >= 0.6 is 23.2 Å². The first-order chi connectivity index (χ1) is 16.6. The summed E-state index contributed by atoms with van der Waals surface area (Å²) in [6.07, 6.45) is 6.13. The normalized spacial score (nSPS) is 20.7. The Bertz CT molecular complexity index is 1220. The molecular weight excluding hydrogens is 471 g/mol. The molecule has 2 atom stereocenters. The first kappa shape index (κ1) is 22.6. The van der Waals surface area contributed by atoms with Crippen LogP contribution in [0.1, 0.15) is 30.7 Å². The van der Waals surface area contributed by atoms with E-state index < -0.39 is 0 Å². The van der Waals surface area contributed by atoms with Gasteiger partial charge in [0, 0.05) is 48.1 Å². The molecule has 34 heavy (non-hydrogen) atoms. The van der Waals surface area contributed by atoms with Gasteiger partial charge in [0.25, 0.3) is 0 Å². The summed E-state index contributed by atoms with van der Waals surface area (Å²) in [7, 11) is 0. The highest BCUT2D eigenvalue weighted by Gasteiger charge is 2.34. The minimum Gasteiger partial charge on any atom is -0.491 e. The highest BCUT2D eigenvalue weighted by atomic mass is 35.5. The van der Waals surface area contributed by atoms with E-state index in [0.717, 1.165) is 30.8 Å². The van der Waals surface area contributed by atoms with Gasteiger partial charge in [0.05, 0.1) is 12.3 Å².